The number of nitrogens with zero attached hydrogens (tertiary/aromatic N) is 1. The van der Waals surface area contributed by atoms with Crippen molar-refractivity contribution in [1.82, 2.24) is 5.43 Å². The van der Waals surface area contributed by atoms with Gasteiger partial charge in [-0.3, -0.25) is 15.0 Å². The molecule has 2 amide bonds. The summed E-state index contributed by atoms with van der Waals surface area (Å²) < 4.78 is 5.85. The van der Waals surface area contributed by atoms with Gasteiger partial charge < -0.3 is 4.74 Å². The first-order chi connectivity index (χ1) is 11.5. The normalized spacial score (nSPS) is 14.5. The fraction of sp³-hybridized carbons (Fsp3) is 0.188. The highest BCUT2D eigenvalue weighted by atomic mass is 35.5. The molecule has 1 saturated heterocycles. The van der Waals surface area contributed by atoms with Crippen LogP contribution in [0.15, 0.2) is 36.4 Å². The Morgan fingerprint density at radius 2 is 1.92 bits per heavy atom. The van der Waals surface area contributed by atoms with E-state index < -0.39 is 5.97 Å². The second-order valence-electron chi connectivity index (χ2n) is 5.09. The van der Waals surface area contributed by atoms with Crippen LogP contribution in [0.2, 0.25) is 4.34 Å². The zero-order valence-corrected chi connectivity index (χ0v) is 14.0. The third kappa shape index (κ3) is 3.74. The predicted molar refractivity (Wildman–Crippen MR) is 89.8 cm³/mol. The van der Waals surface area contributed by atoms with Gasteiger partial charge in [-0.15, -0.1) is 11.3 Å². The number of halogens is 1. The molecule has 1 N–H and O–H groups in total. The van der Waals surface area contributed by atoms with Gasteiger partial charge in [0.05, 0.1) is 15.6 Å². The molecule has 24 heavy (non-hydrogen) atoms. The van der Waals surface area contributed by atoms with E-state index in [1.54, 1.807) is 36.4 Å². The summed E-state index contributed by atoms with van der Waals surface area (Å²) in [6.07, 6.45) is 0.353. The largest absolute Gasteiger partial charge is 0.456 e. The molecule has 1 aliphatic heterocycles. The van der Waals surface area contributed by atoms with E-state index in [1.807, 2.05) is 0 Å². The Labute approximate surface area is 146 Å². The summed E-state index contributed by atoms with van der Waals surface area (Å²) in [5.41, 5.74) is 3.35. The molecule has 124 valence electrons. The molecule has 1 aliphatic rings. The van der Waals surface area contributed by atoms with Crippen LogP contribution in [0.5, 0.6) is 0 Å². The molecule has 2 heterocycles. The summed E-state index contributed by atoms with van der Waals surface area (Å²) in [5.74, 6) is -0.882. The smallest absolute Gasteiger partial charge is 0.338 e. The lowest BCUT2D eigenvalue weighted by atomic mass is 10.2. The molecule has 2 aromatic rings. The molecule has 0 unspecified atom stereocenters. The van der Waals surface area contributed by atoms with Crippen LogP contribution in [0.3, 0.4) is 0 Å². The Morgan fingerprint density at radius 3 is 2.58 bits per heavy atom. The third-order valence-corrected chi connectivity index (χ3v) is 4.59. The van der Waals surface area contributed by atoms with E-state index in [1.165, 1.54) is 16.3 Å². The van der Waals surface area contributed by atoms with Gasteiger partial charge >= 0.3 is 5.97 Å². The lowest BCUT2D eigenvalue weighted by molar-refractivity contribution is -0.130. The van der Waals surface area contributed by atoms with Gasteiger partial charge in [-0.1, -0.05) is 11.6 Å². The van der Waals surface area contributed by atoms with Gasteiger partial charge in [-0.25, -0.2) is 9.80 Å². The van der Waals surface area contributed by atoms with Crippen LogP contribution in [-0.4, -0.2) is 17.8 Å². The number of anilines is 1. The molecule has 0 atom stereocenters. The molecule has 6 nitrogen and oxygen atoms in total. The molecule has 1 aromatic heterocycles. The van der Waals surface area contributed by atoms with Gasteiger partial charge in [0.25, 0.3) is 0 Å². The van der Waals surface area contributed by atoms with Crippen LogP contribution >= 0.6 is 22.9 Å². The molecule has 8 heteroatoms. The Kier molecular flexibility index (Phi) is 4.82. The van der Waals surface area contributed by atoms with E-state index in [9.17, 15) is 14.4 Å². The van der Waals surface area contributed by atoms with Crippen LogP contribution in [-0.2, 0) is 20.9 Å². The lowest BCUT2D eigenvalue weighted by Crippen LogP contribution is -2.50. The number of hydrogen-bond acceptors (Lipinski definition) is 5. The average molecular weight is 365 g/mol. The van der Waals surface area contributed by atoms with Crippen LogP contribution < -0.4 is 10.4 Å². The topological polar surface area (TPSA) is 75.7 Å². The first kappa shape index (κ1) is 16.5. The first-order valence-electron chi connectivity index (χ1n) is 7.17. The van der Waals surface area contributed by atoms with E-state index in [0.29, 0.717) is 15.6 Å². The van der Waals surface area contributed by atoms with Gasteiger partial charge in [0.2, 0.25) is 11.8 Å². The van der Waals surface area contributed by atoms with Crippen LogP contribution in [0.1, 0.15) is 28.1 Å². The van der Waals surface area contributed by atoms with E-state index in [4.69, 9.17) is 16.3 Å². The monoisotopic (exact) mass is 364 g/mol. The zero-order chi connectivity index (χ0) is 17.1. The van der Waals surface area contributed by atoms with Crippen molar-refractivity contribution in [2.75, 3.05) is 5.01 Å². The number of hydrogen-bond donors (Lipinski definition) is 1. The van der Waals surface area contributed by atoms with E-state index in [-0.39, 0.29) is 31.3 Å². The highest BCUT2D eigenvalue weighted by molar-refractivity contribution is 7.16. The Balaban J connectivity index is 1.64. The molecule has 0 bridgehead atoms. The highest BCUT2D eigenvalue weighted by Gasteiger charge is 2.24. The standard InChI is InChI=1S/C16H13ClN2O4S/c17-13-6-5-12(24-13)9-23-16(22)10-1-3-11(4-2-10)19-15(21)8-7-14(20)18-19/h1-6H,7-9H2,(H,18,20). The van der Waals surface area contributed by atoms with Crippen molar-refractivity contribution < 1.29 is 19.1 Å². The quantitative estimate of drug-likeness (QED) is 0.846. The maximum absolute atomic E-state index is 12.0. The maximum atomic E-state index is 12.0. The van der Waals surface area contributed by atoms with Crippen molar-refractivity contribution in [3.63, 3.8) is 0 Å². The number of thiophene rings is 1. The molecular formula is C16H13ClN2O4S. The molecule has 3 rings (SSSR count). The Hall–Kier alpha value is -2.38. The summed E-state index contributed by atoms with van der Waals surface area (Å²) in [5, 5.41) is 1.19. The van der Waals surface area contributed by atoms with Gasteiger partial charge in [-0.05, 0) is 36.4 Å². The number of ether oxygens (including phenoxy) is 1. The van der Waals surface area contributed by atoms with Crippen molar-refractivity contribution in [2.24, 2.45) is 0 Å². The minimum atomic E-state index is -0.472. The summed E-state index contributed by atoms with van der Waals surface area (Å²) in [7, 11) is 0. The molecule has 0 radical (unpaired) electrons. The molecule has 0 aliphatic carbocycles. The number of carbonyl (C=O) groups excluding carboxylic acids is 3. The number of rotatable bonds is 4. The van der Waals surface area contributed by atoms with Crippen LogP contribution in [0.4, 0.5) is 5.69 Å². The minimum absolute atomic E-state index is 0.151. The van der Waals surface area contributed by atoms with E-state index in [2.05, 4.69) is 5.43 Å². The Bertz CT molecular complexity index is 788. The maximum Gasteiger partial charge on any atom is 0.338 e. The molecular weight excluding hydrogens is 352 g/mol. The molecule has 0 spiro atoms. The number of nitrogens with one attached hydrogen (secondary N) is 1. The predicted octanol–water partition coefficient (Wildman–Crippen LogP) is 2.92. The van der Waals surface area contributed by atoms with Crippen molar-refractivity contribution in [2.45, 2.75) is 19.4 Å². The van der Waals surface area contributed by atoms with Gasteiger partial charge in [-0.2, -0.15) is 0 Å². The summed E-state index contributed by atoms with van der Waals surface area (Å²) >= 11 is 7.17. The second kappa shape index (κ2) is 7.02. The third-order valence-electron chi connectivity index (χ3n) is 3.39. The summed E-state index contributed by atoms with van der Waals surface area (Å²) in [6, 6.07) is 9.81. The molecule has 0 saturated carbocycles. The van der Waals surface area contributed by atoms with Crippen molar-refractivity contribution in [3.05, 3.63) is 51.2 Å². The van der Waals surface area contributed by atoms with E-state index in [0.717, 1.165) is 4.88 Å². The molecule has 1 aromatic carbocycles. The average Bonchev–Trinajstić information content (AvgIpc) is 3.00. The first-order valence-corrected chi connectivity index (χ1v) is 8.36. The fourth-order valence-electron chi connectivity index (χ4n) is 2.18. The zero-order valence-electron chi connectivity index (χ0n) is 12.5. The summed E-state index contributed by atoms with van der Waals surface area (Å²) in [4.78, 5) is 36.1. The van der Waals surface area contributed by atoms with Gasteiger partial charge in [0.15, 0.2) is 0 Å². The van der Waals surface area contributed by atoms with Crippen LogP contribution in [0.25, 0.3) is 0 Å². The SMILES string of the molecule is O=C1CCC(=O)N(c2ccc(C(=O)OCc3ccc(Cl)s3)cc2)N1. The highest BCUT2D eigenvalue weighted by Crippen LogP contribution is 2.23. The second-order valence-corrected chi connectivity index (χ2v) is 6.89. The minimum Gasteiger partial charge on any atom is -0.456 e. The van der Waals surface area contributed by atoms with Crippen molar-refractivity contribution >= 4 is 46.4 Å². The number of amides is 2. The number of carbonyl (C=O) groups is 3. The van der Waals surface area contributed by atoms with Gasteiger partial charge in [0.1, 0.15) is 6.61 Å². The fourth-order valence-corrected chi connectivity index (χ4v) is 3.18. The van der Waals surface area contributed by atoms with Gasteiger partial charge in [0, 0.05) is 17.7 Å². The van der Waals surface area contributed by atoms with Crippen LogP contribution in [0, 0.1) is 0 Å². The van der Waals surface area contributed by atoms with Crippen molar-refractivity contribution in [3.8, 4) is 0 Å². The van der Waals surface area contributed by atoms with E-state index >= 15 is 0 Å². The number of benzene rings is 1. The number of esters is 1. The number of hydrazine groups is 1. The Morgan fingerprint density at radius 1 is 1.17 bits per heavy atom. The summed E-state index contributed by atoms with van der Waals surface area (Å²) in [6.45, 7) is 0.151. The van der Waals surface area contributed by atoms with Crippen molar-refractivity contribution in [1.29, 1.82) is 0 Å². The lowest BCUT2D eigenvalue weighted by Gasteiger charge is -2.27. The molecule has 1 fully saturated rings.